The second-order valence-corrected chi connectivity index (χ2v) is 5.49. The highest BCUT2D eigenvalue weighted by Gasteiger charge is 2.07. The Bertz CT molecular complexity index is 690. The molecule has 0 saturated carbocycles. The van der Waals surface area contributed by atoms with Crippen LogP contribution in [0.1, 0.15) is 23.7 Å². The summed E-state index contributed by atoms with van der Waals surface area (Å²) in [7, 11) is 0. The molecule has 0 radical (unpaired) electrons. The Morgan fingerprint density at radius 3 is 2.68 bits per heavy atom. The zero-order chi connectivity index (χ0) is 15.9. The molecule has 0 aliphatic rings. The summed E-state index contributed by atoms with van der Waals surface area (Å²) in [6, 6.07) is 7.96. The molecule has 0 unspecified atom stereocenters. The van der Waals surface area contributed by atoms with Gasteiger partial charge in [-0.1, -0.05) is 31.2 Å². The molecule has 1 aromatic carbocycles. The van der Waals surface area contributed by atoms with Gasteiger partial charge in [-0.05, 0) is 23.6 Å². The Kier molecular flexibility index (Phi) is 5.43. The average Bonchev–Trinajstić information content (AvgIpc) is 2.92. The maximum atomic E-state index is 11.8. The minimum atomic E-state index is -0.946. The summed E-state index contributed by atoms with van der Waals surface area (Å²) >= 11 is 1.21. The van der Waals surface area contributed by atoms with E-state index in [1.165, 1.54) is 23.0 Å². The van der Waals surface area contributed by atoms with E-state index >= 15 is 0 Å². The highest BCUT2D eigenvalue weighted by atomic mass is 32.1. The molecule has 1 aromatic heterocycles. The maximum absolute atomic E-state index is 11.8. The first kappa shape index (κ1) is 15.9. The number of hydrogen-bond acceptors (Lipinski definition) is 4. The van der Waals surface area contributed by atoms with E-state index < -0.39 is 5.97 Å². The van der Waals surface area contributed by atoms with Gasteiger partial charge in [0.1, 0.15) is 0 Å². The van der Waals surface area contributed by atoms with E-state index in [1.807, 2.05) is 24.3 Å². The predicted molar refractivity (Wildman–Crippen MR) is 86.9 cm³/mol. The SMILES string of the molecule is CCc1ccc(/C=C/C(=O)Nc2nc(CC(=O)O)cs2)cc1. The van der Waals surface area contributed by atoms with Gasteiger partial charge in [0.25, 0.3) is 0 Å². The topological polar surface area (TPSA) is 79.3 Å². The van der Waals surface area contributed by atoms with Crippen LogP contribution in [0.3, 0.4) is 0 Å². The van der Waals surface area contributed by atoms with Gasteiger partial charge in [0.2, 0.25) is 5.91 Å². The summed E-state index contributed by atoms with van der Waals surface area (Å²) in [5, 5.41) is 13.3. The molecule has 5 nitrogen and oxygen atoms in total. The molecule has 22 heavy (non-hydrogen) atoms. The molecule has 114 valence electrons. The number of nitrogens with zero attached hydrogens (tertiary/aromatic N) is 1. The molecule has 2 aromatic rings. The standard InChI is InChI=1S/C16H16N2O3S/c1-2-11-3-5-12(6-4-11)7-8-14(19)18-16-17-13(10-22-16)9-15(20)21/h3-8,10H,2,9H2,1H3,(H,20,21)(H,17,18,19)/b8-7+. The summed E-state index contributed by atoms with van der Waals surface area (Å²) < 4.78 is 0. The van der Waals surface area contributed by atoms with E-state index in [-0.39, 0.29) is 12.3 Å². The number of benzene rings is 1. The van der Waals surface area contributed by atoms with Gasteiger partial charge >= 0.3 is 5.97 Å². The van der Waals surface area contributed by atoms with Gasteiger partial charge in [0.05, 0.1) is 12.1 Å². The molecule has 2 rings (SSSR count). The molecule has 0 bridgehead atoms. The lowest BCUT2D eigenvalue weighted by atomic mass is 10.1. The lowest BCUT2D eigenvalue weighted by molar-refractivity contribution is -0.136. The van der Waals surface area contributed by atoms with Crippen molar-refractivity contribution in [2.45, 2.75) is 19.8 Å². The molecule has 0 aliphatic heterocycles. The van der Waals surface area contributed by atoms with Gasteiger partial charge in [-0.15, -0.1) is 11.3 Å². The smallest absolute Gasteiger partial charge is 0.309 e. The summed E-state index contributed by atoms with van der Waals surface area (Å²) in [5.74, 6) is -1.24. The summed E-state index contributed by atoms with van der Waals surface area (Å²) in [5.41, 5.74) is 2.63. The first-order valence-corrected chi connectivity index (χ1v) is 7.69. The third kappa shape index (κ3) is 4.82. The number of amides is 1. The van der Waals surface area contributed by atoms with E-state index in [0.29, 0.717) is 10.8 Å². The number of thiazole rings is 1. The third-order valence-corrected chi connectivity index (χ3v) is 3.74. The first-order valence-electron chi connectivity index (χ1n) is 6.81. The molecule has 0 aliphatic carbocycles. The van der Waals surface area contributed by atoms with Gasteiger partial charge in [0.15, 0.2) is 5.13 Å². The van der Waals surface area contributed by atoms with Gasteiger partial charge in [-0.3, -0.25) is 14.9 Å². The Morgan fingerprint density at radius 2 is 2.05 bits per heavy atom. The molecule has 1 heterocycles. The van der Waals surface area contributed by atoms with E-state index in [2.05, 4.69) is 17.2 Å². The second-order valence-electron chi connectivity index (χ2n) is 4.63. The third-order valence-electron chi connectivity index (χ3n) is 2.93. The lowest BCUT2D eigenvalue weighted by Gasteiger charge is -1.98. The van der Waals surface area contributed by atoms with Crippen LogP contribution in [0.25, 0.3) is 6.08 Å². The van der Waals surface area contributed by atoms with Gasteiger partial charge in [-0.2, -0.15) is 0 Å². The van der Waals surface area contributed by atoms with Crippen molar-refractivity contribution >= 4 is 34.4 Å². The molecule has 0 spiro atoms. The largest absolute Gasteiger partial charge is 0.481 e. The molecule has 1 amide bonds. The second kappa shape index (κ2) is 7.51. The lowest BCUT2D eigenvalue weighted by Crippen LogP contribution is -2.08. The molecular formula is C16H16N2O3S. The molecule has 0 fully saturated rings. The summed E-state index contributed by atoms with van der Waals surface area (Å²) in [6.07, 6.45) is 3.99. The average molecular weight is 316 g/mol. The Balaban J connectivity index is 1.92. The number of aliphatic carboxylic acids is 1. The molecule has 0 atom stereocenters. The summed E-state index contributed by atoms with van der Waals surface area (Å²) in [4.78, 5) is 26.4. The number of carboxylic acid groups (broad SMARTS) is 1. The number of carbonyl (C=O) groups excluding carboxylic acids is 1. The van der Waals surface area contributed by atoms with Crippen molar-refractivity contribution in [1.29, 1.82) is 0 Å². The number of aromatic nitrogens is 1. The number of aryl methyl sites for hydroxylation is 1. The van der Waals surface area contributed by atoms with Crippen molar-refractivity contribution in [3.05, 3.63) is 52.5 Å². The fraction of sp³-hybridized carbons (Fsp3) is 0.188. The monoisotopic (exact) mass is 316 g/mol. The van der Waals surface area contributed by atoms with Crippen LogP contribution in [0.4, 0.5) is 5.13 Å². The van der Waals surface area contributed by atoms with Gasteiger partial charge < -0.3 is 5.11 Å². The van der Waals surface area contributed by atoms with Gasteiger partial charge in [0, 0.05) is 11.5 Å². The quantitative estimate of drug-likeness (QED) is 0.803. The van der Waals surface area contributed by atoms with Crippen LogP contribution in [-0.2, 0) is 22.4 Å². The predicted octanol–water partition coefficient (Wildman–Crippen LogP) is 2.98. The number of hydrogen-bond donors (Lipinski definition) is 2. The minimum absolute atomic E-state index is 0.147. The highest BCUT2D eigenvalue weighted by molar-refractivity contribution is 7.14. The van der Waals surface area contributed by atoms with Crippen molar-refractivity contribution in [3.8, 4) is 0 Å². The number of carboxylic acids is 1. The molecule has 0 saturated heterocycles. The van der Waals surface area contributed by atoms with Crippen LogP contribution in [-0.4, -0.2) is 22.0 Å². The van der Waals surface area contributed by atoms with Gasteiger partial charge in [-0.25, -0.2) is 4.98 Å². The molecule has 2 N–H and O–H groups in total. The number of anilines is 1. The minimum Gasteiger partial charge on any atom is -0.481 e. The van der Waals surface area contributed by atoms with Crippen molar-refractivity contribution in [3.63, 3.8) is 0 Å². The molecular weight excluding hydrogens is 300 g/mol. The molecule has 6 heteroatoms. The summed E-state index contributed by atoms with van der Waals surface area (Å²) in [6.45, 7) is 2.09. The normalized spacial score (nSPS) is 10.8. The van der Waals surface area contributed by atoms with E-state index in [0.717, 1.165) is 12.0 Å². The van der Waals surface area contributed by atoms with E-state index in [1.54, 1.807) is 11.5 Å². The Labute approximate surface area is 132 Å². The van der Waals surface area contributed by atoms with E-state index in [4.69, 9.17) is 5.11 Å². The Hall–Kier alpha value is -2.47. The van der Waals surface area contributed by atoms with Crippen molar-refractivity contribution in [2.75, 3.05) is 5.32 Å². The van der Waals surface area contributed by atoms with Crippen LogP contribution in [0.2, 0.25) is 0 Å². The van der Waals surface area contributed by atoms with Crippen LogP contribution >= 0.6 is 11.3 Å². The van der Waals surface area contributed by atoms with Crippen molar-refractivity contribution in [2.24, 2.45) is 0 Å². The fourth-order valence-electron chi connectivity index (χ4n) is 1.78. The van der Waals surface area contributed by atoms with Crippen LogP contribution in [0, 0.1) is 0 Å². The first-order chi connectivity index (χ1) is 10.6. The van der Waals surface area contributed by atoms with Crippen molar-refractivity contribution < 1.29 is 14.7 Å². The number of carbonyl (C=O) groups is 2. The number of nitrogens with one attached hydrogen (secondary N) is 1. The van der Waals surface area contributed by atoms with E-state index in [9.17, 15) is 9.59 Å². The number of rotatable bonds is 6. The Morgan fingerprint density at radius 1 is 1.32 bits per heavy atom. The van der Waals surface area contributed by atoms with Crippen LogP contribution < -0.4 is 5.32 Å². The fourth-order valence-corrected chi connectivity index (χ4v) is 2.50. The zero-order valence-corrected chi connectivity index (χ0v) is 12.9. The van der Waals surface area contributed by atoms with Crippen LogP contribution in [0.5, 0.6) is 0 Å². The highest BCUT2D eigenvalue weighted by Crippen LogP contribution is 2.16. The van der Waals surface area contributed by atoms with Crippen LogP contribution in [0.15, 0.2) is 35.7 Å². The zero-order valence-electron chi connectivity index (χ0n) is 12.1. The maximum Gasteiger partial charge on any atom is 0.309 e. The van der Waals surface area contributed by atoms with Crippen molar-refractivity contribution in [1.82, 2.24) is 4.98 Å².